The van der Waals surface area contributed by atoms with Gasteiger partial charge in [0.05, 0.1) is 11.0 Å². The first-order chi connectivity index (χ1) is 7.38. The van der Waals surface area contributed by atoms with Crippen LogP contribution in [0.5, 0.6) is 0 Å². The van der Waals surface area contributed by atoms with Gasteiger partial charge in [0.2, 0.25) is 0 Å². The van der Waals surface area contributed by atoms with Crippen LogP contribution in [0, 0.1) is 0 Å². The van der Waals surface area contributed by atoms with Crippen molar-refractivity contribution in [1.29, 1.82) is 0 Å². The van der Waals surface area contributed by atoms with Crippen molar-refractivity contribution in [3.63, 3.8) is 0 Å². The number of hydrogen-bond donors (Lipinski definition) is 2. The second-order valence-corrected chi connectivity index (χ2v) is 3.52. The zero-order chi connectivity index (χ0) is 10.3. The Hall–Kier alpha value is -2.03. The van der Waals surface area contributed by atoms with Crippen LogP contribution >= 0.6 is 0 Å². The van der Waals surface area contributed by atoms with Crippen LogP contribution in [0.1, 0.15) is 0 Å². The van der Waals surface area contributed by atoms with Crippen molar-refractivity contribution in [2.24, 2.45) is 0 Å². The first-order valence-electron chi connectivity index (χ1n) is 4.93. The lowest BCUT2D eigenvalue weighted by molar-refractivity contribution is 1.39. The zero-order valence-electron chi connectivity index (χ0n) is 8.41. The normalized spacial score (nSPS) is 11.0. The third kappa shape index (κ3) is 1.16. The largest absolute Gasteiger partial charge is 0.373 e. The van der Waals surface area contributed by atoms with Gasteiger partial charge >= 0.3 is 0 Å². The van der Waals surface area contributed by atoms with Crippen LogP contribution in [0.4, 0.5) is 5.82 Å². The average molecular weight is 197 g/mol. The minimum Gasteiger partial charge on any atom is -0.373 e. The summed E-state index contributed by atoms with van der Waals surface area (Å²) in [6.45, 7) is 0. The third-order valence-corrected chi connectivity index (χ3v) is 2.63. The second kappa shape index (κ2) is 2.98. The fourth-order valence-electron chi connectivity index (χ4n) is 1.88. The molecule has 0 spiro atoms. The molecular weight excluding hydrogens is 186 g/mol. The molecule has 0 saturated heterocycles. The molecule has 0 bridgehead atoms. The molecule has 0 amide bonds. The van der Waals surface area contributed by atoms with E-state index in [4.69, 9.17) is 0 Å². The molecule has 3 heteroatoms. The van der Waals surface area contributed by atoms with Crippen molar-refractivity contribution < 1.29 is 0 Å². The topological polar surface area (TPSA) is 40.7 Å². The van der Waals surface area contributed by atoms with E-state index in [0.717, 1.165) is 22.2 Å². The summed E-state index contributed by atoms with van der Waals surface area (Å²) in [5, 5.41) is 5.43. The Balaban J connectivity index is 2.47. The molecule has 2 N–H and O–H groups in total. The summed E-state index contributed by atoms with van der Waals surface area (Å²) in [6, 6.07) is 10.3. The first-order valence-corrected chi connectivity index (χ1v) is 4.93. The lowest BCUT2D eigenvalue weighted by atomic mass is 10.1. The lowest BCUT2D eigenvalue weighted by Crippen LogP contribution is -1.85. The van der Waals surface area contributed by atoms with Crippen LogP contribution in [-0.2, 0) is 0 Å². The van der Waals surface area contributed by atoms with Crippen molar-refractivity contribution in [1.82, 2.24) is 9.97 Å². The van der Waals surface area contributed by atoms with E-state index in [1.54, 1.807) is 0 Å². The number of H-pyrrole nitrogens is 1. The summed E-state index contributed by atoms with van der Waals surface area (Å²) in [7, 11) is 1.88. The number of aromatic nitrogens is 2. The smallest absolute Gasteiger partial charge is 0.127 e. The monoisotopic (exact) mass is 197 g/mol. The number of benzene rings is 1. The molecule has 0 radical (unpaired) electrons. The molecule has 0 fully saturated rings. The van der Waals surface area contributed by atoms with Crippen LogP contribution in [0.3, 0.4) is 0 Å². The van der Waals surface area contributed by atoms with Crippen molar-refractivity contribution in [2.75, 3.05) is 12.4 Å². The van der Waals surface area contributed by atoms with Crippen LogP contribution in [0.25, 0.3) is 21.8 Å². The number of nitrogens with zero attached hydrogens (tertiary/aromatic N) is 1. The summed E-state index contributed by atoms with van der Waals surface area (Å²) in [5.41, 5.74) is 2.17. The number of fused-ring (bicyclic) bond motifs is 3. The van der Waals surface area contributed by atoms with Crippen LogP contribution in [0.15, 0.2) is 36.5 Å². The van der Waals surface area contributed by atoms with Crippen molar-refractivity contribution >= 4 is 27.6 Å². The molecule has 0 unspecified atom stereocenters. The molecule has 2 aromatic heterocycles. The molecule has 0 aliphatic rings. The van der Waals surface area contributed by atoms with Gasteiger partial charge in [-0.25, -0.2) is 4.98 Å². The highest BCUT2D eigenvalue weighted by Gasteiger charge is 2.04. The minimum atomic E-state index is 0.912. The number of anilines is 1. The summed E-state index contributed by atoms with van der Waals surface area (Å²) >= 11 is 0. The van der Waals surface area contributed by atoms with Gasteiger partial charge in [0.15, 0.2) is 0 Å². The van der Waals surface area contributed by atoms with Gasteiger partial charge in [0.1, 0.15) is 5.82 Å². The SMILES string of the molecule is CNc1cc2c(ccc3ccc[nH]c32)n1. The third-order valence-electron chi connectivity index (χ3n) is 2.63. The molecule has 1 aromatic carbocycles. The van der Waals surface area contributed by atoms with E-state index in [1.807, 2.05) is 25.4 Å². The number of hydrogen-bond acceptors (Lipinski definition) is 2. The molecular formula is C12H11N3. The minimum absolute atomic E-state index is 0.912. The molecule has 3 nitrogen and oxygen atoms in total. The molecule has 0 aliphatic heterocycles. The molecule has 0 atom stereocenters. The molecule has 3 aromatic rings. The second-order valence-electron chi connectivity index (χ2n) is 3.52. The summed E-state index contributed by atoms with van der Waals surface area (Å²) in [6.07, 6.45) is 1.94. The Kier molecular flexibility index (Phi) is 1.65. The Labute approximate surface area is 87.1 Å². The highest BCUT2D eigenvalue weighted by atomic mass is 15.0. The van der Waals surface area contributed by atoms with Gasteiger partial charge in [-0.3, -0.25) is 0 Å². The van der Waals surface area contributed by atoms with E-state index in [-0.39, 0.29) is 0 Å². The number of nitrogens with one attached hydrogen (secondary N) is 2. The average Bonchev–Trinajstić information content (AvgIpc) is 2.72. The van der Waals surface area contributed by atoms with Gasteiger partial charge in [-0.05, 0) is 23.6 Å². The fraction of sp³-hybridized carbons (Fsp3) is 0.0833. The van der Waals surface area contributed by atoms with Gasteiger partial charge < -0.3 is 10.3 Å². The Morgan fingerprint density at radius 1 is 1.27 bits per heavy atom. The predicted octanol–water partition coefficient (Wildman–Crippen LogP) is 2.76. The maximum Gasteiger partial charge on any atom is 0.127 e. The summed E-state index contributed by atoms with van der Waals surface area (Å²) in [4.78, 5) is 7.71. The Morgan fingerprint density at radius 2 is 2.20 bits per heavy atom. The van der Waals surface area contributed by atoms with E-state index >= 15 is 0 Å². The zero-order valence-corrected chi connectivity index (χ0v) is 8.41. The molecule has 74 valence electrons. The predicted molar refractivity (Wildman–Crippen MR) is 63.1 cm³/mol. The Bertz CT molecular complexity index is 625. The van der Waals surface area contributed by atoms with Crippen molar-refractivity contribution in [3.8, 4) is 0 Å². The summed E-state index contributed by atoms with van der Waals surface area (Å²) in [5.74, 6) is 0.912. The van der Waals surface area contributed by atoms with E-state index in [9.17, 15) is 0 Å². The highest BCUT2D eigenvalue weighted by molar-refractivity contribution is 6.05. The van der Waals surface area contributed by atoms with Gasteiger partial charge in [-0.15, -0.1) is 0 Å². The van der Waals surface area contributed by atoms with Gasteiger partial charge in [0, 0.05) is 18.6 Å². The van der Waals surface area contributed by atoms with Gasteiger partial charge in [-0.2, -0.15) is 0 Å². The summed E-state index contributed by atoms with van der Waals surface area (Å²) < 4.78 is 0. The fourth-order valence-corrected chi connectivity index (χ4v) is 1.88. The van der Waals surface area contributed by atoms with Crippen molar-refractivity contribution in [3.05, 3.63) is 36.5 Å². The highest BCUT2D eigenvalue weighted by Crippen LogP contribution is 2.25. The number of pyridine rings is 1. The molecule has 2 heterocycles. The molecule has 3 rings (SSSR count). The van der Waals surface area contributed by atoms with E-state index < -0.39 is 0 Å². The van der Waals surface area contributed by atoms with Crippen LogP contribution in [-0.4, -0.2) is 17.0 Å². The number of rotatable bonds is 1. The van der Waals surface area contributed by atoms with Crippen LogP contribution in [0.2, 0.25) is 0 Å². The lowest BCUT2D eigenvalue weighted by Gasteiger charge is -1.97. The van der Waals surface area contributed by atoms with Crippen LogP contribution < -0.4 is 5.32 Å². The number of aromatic amines is 1. The Morgan fingerprint density at radius 3 is 3.07 bits per heavy atom. The molecule has 15 heavy (non-hydrogen) atoms. The van der Waals surface area contributed by atoms with E-state index in [1.165, 1.54) is 5.39 Å². The molecule has 0 aliphatic carbocycles. The van der Waals surface area contributed by atoms with E-state index in [2.05, 4.69) is 33.5 Å². The van der Waals surface area contributed by atoms with Crippen molar-refractivity contribution in [2.45, 2.75) is 0 Å². The molecule has 0 saturated carbocycles. The standard InChI is InChI=1S/C12H11N3/c1-13-11-7-9-10(15-11)5-4-8-3-2-6-14-12(8)9/h2-7,13-14H,1H3. The van der Waals surface area contributed by atoms with Gasteiger partial charge in [-0.1, -0.05) is 12.1 Å². The quantitative estimate of drug-likeness (QED) is 0.629. The van der Waals surface area contributed by atoms with Gasteiger partial charge in [0.25, 0.3) is 0 Å². The first kappa shape index (κ1) is 8.29. The van der Waals surface area contributed by atoms with E-state index in [0.29, 0.717) is 0 Å². The maximum atomic E-state index is 4.45. The maximum absolute atomic E-state index is 4.45.